The fourth-order valence-electron chi connectivity index (χ4n) is 3.71. The van der Waals surface area contributed by atoms with Gasteiger partial charge in [-0.15, -0.1) is 11.3 Å². The van der Waals surface area contributed by atoms with Crippen LogP contribution in [0.25, 0.3) is 0 Å². The Balaban J connectivity index is 1.63. The summed E-state index contributed by atoms with van der Waals surface area (Å²) in [6, 6.07) is 3.16. The molecule has 0 unspecified atom stereocenters. The first kappa shape index (κ1) is 14.6. The molecule has 1 spiro atoms. The molecule has 114 valence electrons. The molecule has 1 aliphatic heterocycles. The zero-order valence-corrected chi connectivity index (χ0v) is 13.0. The first-order chi connectivity index (χ1) is 10.1. The van der Waals surface area contributed by atoms with E-state index in [-0.39, 0.29) is 10.8 Å². The minimum absolute atomic E-state index is 0.00170. The van der Waals surface area contributed by atoms with Gasteiger partial charge in [-0.2, -0.15) is 0 Å². The van der Waals surface area contributed by atoms with Crippen LogP contribution in [0.15, 0.2) is 12.1 Å². The summed E-state index contributed by atoms with van der Waals surface area (Å²) in [7, 11) is 0. The molecule has 1 aliphatic carbocycles. The highest BCUT2D eigenvalue weighted by molar-refractivity contribution is 7.15. The van der Waals surface area contributed by atoms with Gasteiger partial charge in [0.15, 0.2) is 0 Å². The number of piperidine rings is 1. The van der Waals surface area contributed by atoms with E-state index in [1.54, 1.807) is 6.07 Å². The van der Waals surface area contributed by atoms with Crippen LogP contribution in [0.5, 0.6) is 0 Å². The van der Waals surface area contributed by atoms with Gasteiger partial charge in [-0.25, -0.2) is 4.79 Å². The average Bonchev–Trinajstić information content (AvgIpc) is 2.98. The van der Waals surface area contributed by atoms with E-state index in [1.807, 2.05) is 4.90 Å². The van der Waals surface area contributed by atoms with E-state index in [0.29, 0.717) is 10.3 Å². The molecular formula is C16H21NO3S. The molecule has 0 aromatic carbocycles. The molecule has 0 atom stereocenters. The second kappa shape index (κ2) is 5.79. The lowest BCUT2D eigenvalue weighted by molar-refractivity contribution is 0.0476. The Morgan fingerprint density at radius 2 is 1.62 bits per heavy atom. The Hall–Kier alpha value is -1.36. The minimum atomic E-state index is -0.959. The van der Waals surface area contributed by atoms with Gasteiger partial charge in [-0.05, 0) is 43.2 Å². The van der Waals surface area contributed by atoms with Crippen LogP contribution in [0.2, 0.25) is 0 Å². The van der Waals surface area contributed by atoms with E-state index in [9.17, 15) is 9.59 Å². The Morgan fingerprint density at radius 3 is 2.19 bits per heavy atom. The molecule has 2 fully saturated rings. The van der Waals surface area contributed by atoms with E-state index in [1.165, 1.54) is 38.2 Å². The van der Waals surface area contributed by atoms with Crippen LogP contribution in [0.4, 0.5) is 0 Å². The molecule has 1 saturated heterocycles. The van der Waals surface area contributed by atoms with E-state index in [0.717, 1.165) is 37.3 Å². The number of carboxylic acids is 1. The maximum Gasteiger partial charge on any atom is 0.345 e. The molecule has 2 heterocycles. The van der Waals surface area contributed by atoms with Gasteiger partial charge in [0.25, 0.3) is 5.91 Å². The smallest absolute Gasteiger partial charge is 0.345 e. The van der Waals surface area contributed by atoms with Crippen molar-refractivity contribution in [3.63, 3.8) is 0 Å². The second-order valence-corrected chi connectivity index (χ2v) is 7.41. The Labute approximate surface area is 128 Å². The van der Waals surface area contributed by atoms with Crippen LogP contribution in [-0.4, -0.2) is 35.0 Å². The number of carbonyl (C=O) groups excluding carboxylic acids is 1. The van der Waals surface area contributed by atoms with Crippen molar-refractivity contribution in [1.82, 2.24) is 4.90 Å². The van der Waals surface area contributed by atoms with E-state index >= 15 is 0 Å². The summed E-state index contributed by atoms with van der Waals surface area (Å²) in [5.74, 6) is -0.961. The van der Waals surface area contributed by atoms with Crippen LogP contribution in [-0.2, 0) is 0 Å². The first-order valence-corrected chi connectivity index (χ1v) is 8.54. The van der Waals surface area contributed by atoms with Crippen molar-refractivity contribution in [1.29, 1.82) is 0 Å². The summed E-state index contributed by atoms with van der Waals surface area (Å²) < 4.78 is 0. The van der Waals surface area contributed by atoms with Gasteiger partial charge < -0.3 is 10.0 Å². The number of hydrogen-bond donors (Lipinski definition) is 1. The van der Waals surface area contributed by atoms with Gasteiger partial charge in [0.2, 0.25) is 0 Å². The highest BCUT2D eigenvalue weighted by Gasteiger charge is 2.37. The van der Waals surface area contributed by atoms with Crippen molar-refractivity contribution in [3.8, 4) is 0 Å². The van der Waals surface area contributed by atoms with E-state index < -0.39 is 5.97 Å². The van der Waals surface area contributed by atoms with Gasteiger partial charge in [-0.1, -0.05) is 19.3 Å². The van der Waals surface area contributed by atoms with E-state index in [4.69, 9.17) is 5.11 Å². The molecule has 1 aromatic heterocycles. The lowest BCUT2D eigenvalue weighted by Gasteiger charge is -2.44. The predicted molar refractivity (Wildman–Crippen MR) is 81.9 cm³/mol. The maximum absolute atomic E-state index is 12.5. The maximum atomic E-state index is 12.5. The number of rotatable bonds is 2. The predicted octanol–water partition coefficient (Wildman–Crippen LogP) is 3.63. The summed E-state index contributed by atoms with van der Waals surface area (Å²) in [6.07, 6.45) is 8.87. The highest BCUT2D eigenvalue weighted by atomic mass is 32.1. The zero-order valence-electron chi connectivity index (χ0n) is 12.1. The number of aromatic carboxylic acids is 1. The standard InChI is InChI=1S/C16H21NO3S/c18-14(12-4-5-13(21-12)15(19)20)17-10-8-16(9-11-17)6-2-1-3-7-16/h4-5H,1-3,6-11H2,(H,19,20). The van der Waals surface area contributed by atoms with Crippen molar-refractivity contribution in [3.05, 3.63) is 21.9 Å². The average molecular weight is 307 g/mol. The third-order valence-corrected chi connectivity index (χ3v) is 6.11. The molecule has 1 saturated carbocycles. The number of hydrogen-bond acceptors (Lipinski definition) is 3. The van der Waals surface area contributed by atoms with Gasteiger partial charge in [0, 0.05) is 13.1 Å². The largest absolute Gasteiger partial charge is 0.477 e. The quantitative estimate of drug-likeness (QED) is 0.907. The van der Waals surface area contributed by atoms with Crippen molar-refractivity contribution in [2.24, 2.45) is 5.41 Å². The molecular weight excluding hydrogens is 286 g/mol. The van der Waals surface area contributed by atoms with Crippen molar-refractivity contribution < 1.29 is 14.7 Å². The third-order valence-electron chi connectivity index (χ3n) is 5.05. The summed E-state index contributed by atoms with van der Waals surface area (Å²) >= 11 is 1.08. The normalized spacial score (nSPS) is 21.4. The van der Waals surface area contributed by atoms with Crippen LogP contribution >= 0.6 is 11.3 Å². The molecule has 4 nitrogen and oxygen atoms in total. The summed E-state index contributed by atoms with van der Waals surface area (Å²) in [5.41, 5.74) is 0.483. The van der Waals surface area contributed by atoms with Crippen molar-refractivity contribution in [2.75, 3.05) is 13.1 Å². The highest BCUT2D eigenvalue weighted by Crippen LogP contribution is 2.44. The van der Waals surface area contributed by atoms with Crippen molar-refractivity contribution >= 4 is 23.2 Å². The number of likely N-dealkylation sites (tertiary alicyclic amines) is 1. The molecule has 3 rings (SSSR count). The van der Waals surface area contributed by atoms with Crippen molar-refractivity contribution in [2.45, 2.75) is 44.9 Å². The lowest BCUT2D eigenvalue weighted by Crippen LogP contribution is -2.43. The summed E-state index contributed by atoms with van der Waals surface area (Å²) in [6.45, 7) is 1.64. The molecule has 5 heteroatoms. The molecule has 1 aromatic rings. The van der Waals surface area contributed by atoms with Crippen LogP contribution in [0.1, 0.15) is 64.3 Å². The number of nitrogens with zero attached hydrogens (tertiary/aromatic N) is 1. The van der Waals surface area contributed by atoms with Gasteiger partial charge in [0.1, 0.15) is 4.88 Å². The minimum Gasteiger partial charge on any atom is -0.477 e. The van der Waals surface area contributed by atoms with Gasteiger partial charge in [0.05, 0.1) is 4.88 Å². The number of carboxylic acid groups (broad SMARTS) is 1. The molecule has 1 amide bonds. The number of thiophene rings is 1. The molecule has 1 N–H and O–H groups in total. The molecule has 0 bridgehead atoms. The van der Waals surface area contributed by atoms with E-state index in [2.05, 4.69) is 0 Å². The Kier molecular flexibility index (Phi) is 4.02. The Morgan fingerprint density at radius 1 is 1.00 bits per heavy atom. The fraction of sp³-hybridized carbons (Fsp3) is 0.625. The van der Waals surface area contributed by atoms with Crippen LogP contribution in [0, 0.1) is 5.41 Å². The topological polar surface area (TPSA) is 57.6 Å². The molecule has 21 heavy (non-hydrogen) atoms. The SMILES string of the molecule is O=C(O)c1ccc(C(=O)N2CCC3(CCCCC3)CC2)s1. The number of carbonyl (C=O) groups is 2. The fourth-order valence-corrected chi connectivity index (χ4v) is 4.52. The monoisotopic (exact) mass is 307 g/mol. The van der Waals surface area contributed by atoms with Crippen LogP contribution in [0.3, 0.4) is 0 Å². The number of amides is 1. The first-order valence-electron chi connectivity index (χ1n) is 7.72. The lowest BCUT2D eigenvalue weighted by atomic mass is 9.68. The van der Waals surface area contributed by atoms with Gasteiger partial charge in [-0.3, -0.25) is 4.79 Å². The van der Waals surface area contributed by atoms with Gasteiger partial charge >= 0.3 is 5.97 Å². The molecule has 2 aliphatic rings. The van der Waals surface area contributed by atoms with Crippen LogP contribution < -0.4 is 0 Å². The summed E-state index contributed by atoms with van der Waals surface area (Å²) in [4.78, 5) is 26.0. The summed E-state index contributed by atoms with van der Waals surface area (Å²) in [5, 5.41) is 8.94. The Bertz CT molecular complexity index is 535. The second-order valence-electron chi connectivity index (χ2n) is 6.32. The third kappa shape index (κ3) is 2.98. The zero-order chi connectivity index (χ0) is 14.9. The molecule has 0 radical (unpaired) electrons.